The second kappa shape index (κ2) is 6.72. The molecule has 1 saturated carbocycles. The number of H-pyrrole nitrogens is 1. The van der Waals surface area contributed by atoms with Gasteiger partial charge in [0.15, 0.2) is 0 Å². The standard InChI is InChI=1S/C17H25N3O3/c1-11-13(17(22)23)8-5-9-20(11)16(21)15-10-14(18-19-15)12-6-3-2-4-7-12/h10-13H,2-9H2,1H3,(H,18,19)(H,22,23)/t11-,13-/m1/s1. The monoisotopic (exact) mass is 319 g/mol. The second-order valence-corrected chi connectivity index (χ2v) is 6.87. The van der Waals surface area contributed by atoms with Gasteiger partial charge in [0.05, 0.1) is 5.92 Å². The number of carboxylic acids is 1. The summed E-state index contributed by atoms with van der Waals surface area (Å²) in [4.78, 5) is 25.7. The Labute approximate surface area is 136 Å². The van der Waals surface area contributed by atoms with Crippen LogP contribution in [0.4, 0.5) is 0 Å². The van der Waals surface area contributed by atoms with E-state index in [1.165, 1.54) is 19.3 Å². The van der Waals surface area contributed by atoms with Crippen molar-refractivity contribution in [3.8, 4) is 0 Å². The van der Waals surface area contributed by atoms with E-state index >= 15 is 0 Å². The minimum atomic E-state index is -0.820. The van der Waals surface area contributed by atoms with E-state index in [1.807, 2.05) is 13.0 Å². The van der Waals surface area contributed by atoms with E-state index in [-0.39, 0.29) is 11.9 Å². The van der Waals surface area contributed by atoms with Crippen LogP contribution in [0.1, 0.15) is 74.0 Å². The van der Waals surface area contributed by atoms with Gasteiger partial charge in [-0.1, -0.05) is 19.3 Å². The van der Waals surface area contributed by atoms with Crippen LogP contribution in [0.3, 0.4) is 0 Å². The maximum absolute atomic E-state index is 12.7. The number of hydrogen-bond acceptors (Lipinski definition) is 3. The number of aromatic nitrogens is 2. The Morgan fingerprint density at radius 2 is 1.96 bits per heavy atom. The highest BCUT2D eigenvalue weighted by Crippen LogP contribution is 2.32. The fraction of sp³-hybridized carbons (Fsp3) is 0.706. The van der Waals surface area contributed by atoms with Gasteiger partial charge in [-0.05, 0) is 38.7 Å². The molecule has 2 N–H and O–H groups in total. The first-order valence-corrected chi connectivity index (χ1v) is 8.67. The summed E-state index contributed by atoms with van der Waals surface area (Å²) in [5.74, 6) is -0.977. The van der Waals surface area contributed by atoms with Gasteiger partial charge in [-0.15, -0.1) is 0 Å². The van der Waals surface area contributed by atoms with Crippen LogP contribution in [0.2, 0.25) is 0 Å². The lowest BCUT2D eigenvalue weighted by Gasteiger charge is -2.37. The van der Waals surface area contributed by atoms with Crippen LogP contribution in [-0.2, 0) is 4.79 Å². The highest BCUT2D eigenvalue weighted by molar-refractivity contribution is 5.93. The van der Waals surface area contributed by atoms with Crippen molar-refractivity contribution in [2.45, 2.75) is 63.8 Å². The van der Waals surface area contributed by atoms with E-state index in [4.69, 9.17) is 0 Å². The Bertz CT molecular complexity index is 577. The maximum atomic E-state index is 12.7. The molecule has 0 unspecified atom stereocenters. The lowest BCUT2D eigenvalue weighted by Crippen LogP contribution is -2.49. The van der Waals surface area contributed by atoms with Crippen molar-refractivity contribution in [1.29, 1.82) is 0 Å². The lowest BCUT2D eigenvalue weighted by atomic mass is 9.87. The highest BCUT2D eigenvalue weighted by atomic mass is 16.4. The Morgan fingerprint density at radius 1 is 1.22 bits per heavy atom. The molecule has 2 atom stereocenters. The smallest absolute Gasteiger partial charge is 0.308 e. The van der Waals surface area contributed by atoms with Crippen LogP contribution in [0, 0.1) is 5.92 Å². The molecule has 1 aliphatic carbocycles. The average molecular weight is 319 g/mol. The Kier molecular flexibility index (Phi) is 4.68. The molecular weight excluding hydrogens is 294 g/mol. The fourth-order valence-electron chi connectivity index (χ4n) is 3.98. The third-order valence-electron chi connectivity index (χ3n) is 5.43. The highest BCUT2D eigenvalue weighted by Gasteiger charge is 2.36. The molecule has 3 rings (SSSR count). The number of aliphatic carboxylic acids is 1. The third-order valence-corrected chi connectivity index (χ3v) is 5.43. The first-order chi connectivity index (χ1) is 11.1. The molecule has 1 amide bonds. The number of nitrogens with zero attached hydrogens (tertiary/aromatic N) is 2. The number of carbonyl (C=O) groups excluding carboxylic acids is 1. The molecule has 126 valence electrons. The summed E-state index contributed by atoms with van der Waals surface area (Å²) in [7, 11) is 0. The molecule has 1 aliphatic heterocycles. The zero-order valence-electron chi connectivity index (χ0n) is 13.6. The number of carboxylic acid groups (broad SMARTS) is 1. The van der Waals surface area contributed by atoms with E-state index < -0.39 is 11.9 Å². The van der Waals surface area contributed by atoms with Gasteiger partial charge >= 0.3 is 5.97 Å². The number of hydrogen-bond donors (Lipinski definition) is 2. The van der Waals surface area contributed by atoms with E-state index in [2.05, 4.69) is 10.2 Å². The van der Waals surface area contributed by atoms with Crippen molar-refractivity contribution in [2.24, 2.45) is 5.92 Å². The van der Waals surface area contributed by atoms with Gasteiger partial charge in [-0.25, -0.2) is 0 Å². The summed E-state index contributed by atoms with van der Waals surface area (Å²) in [6.45, 7) is 2.43. The summed E-state index contributed by atoms with van der Waals surface area (Å²) < 4.78 is 0. The van der Waals surface area contributed by atoms with Crippen LogP contribution in [-0.4, -0.2) is 44.7 Å². The first kappa shape index (κ1) is 16.0. The molecule has 2 aliphatic rings. The molecule has 6 nitrogen and oxygen atoms in total. The van der Waals surface area contributed by atoms with Gasteiger partial charge in [-0.3, -0.25) is 14.7 Å². The molecule has 0 radical (unpaired) electrons. The number of carbonyl (C=O) groups is 2. The minimum absolute atomic E-state index is 0.151. The third kappa shape index (κ3) is 3.26. The van der Waals surface area contributed by atoms with Gasteiger partial charge in [-0.2, -0.15) is 5.10 Å². The van der Waals surface area contributed by atoms with E-state index in [9.17, 15) is 14.7 Å². The van der Waals surface area contributed by atoms with E-state index in [0.29, 0.717) is 24.6 Å². The summed E-state index contributed by atoms with van der Waals surface area (Å²) in [6.07, 6.45) is 7.42. The molecule has 6 heteroatoms. The number of likely N-dealkylation sites (tertiary alicyclic amines) is 1. The molecular formula is C17H25N3O3. The molecule has 0 bridgehead atoms. The predicted octanol–water partition coefficient (Wildman–Crippen LogP) is 2.78. The molecule has 1 saturated heterocycles. The lowest BCUT2D eigenvalue weighted by molar-refractivity contribution is -0.144. The van der Waals surface area contributed by atoms with Gasteiger partial charge < -0.3 is 10.0 Å². The van der Waals surface area contributed by atoms with Crippen molar-refractivity contribution >= 4 is 11.9 Å². The molecule has 23 heavy (non-hydrogen) atoms. The molecule has 2 heterocycles. The number of piperidine rings is 1. The van der Waals surface area contributed by atoms with Crippen LogP contribution in [0.15, 0.2) is 6.07 Å². The Morgan fingerprint density at radius 3 is 2.65 bits per heavy atom. The number of nitrogens with one attached hydrogen (secondary N) is 1. The number of amides is 1. The van der Waals surface area contributed by atoms with E-state index in [1.54, 1.807) is 4.90 Å². The Balaban J connectivity index is 1.72. The summed E-state index contributed by atoms with van der Waals surface area (Å²) in [5, 5.41) is 16.5. The van der Waals surface area contributed by atoms with Crippen LogP contribution in [0.25, 0.3) is 0 Å². The van der Waals surface area contributed by atoms with Crippen molar-refractivity contribution in [2.75, 3.05) is 6.54 Å². The van der Waals surface area contributed by atoms with Crippen LogP contribution < -0.4 is 0 Å². The fourth-order valence-corrected chi connectivity index (χ4v) is 3.98. The summed E-state index contributed by atoms with van der Waals surface area (Å²) in [5.41, 5.74) is 1.47. The van der Waals surface area contributed by atoms with Crippen molar-refractivity contribution in [1.82, 2.24) is 15.1 Å². The van der Waals surface area contributed by atoms with E-state index in [0.717, 1.165) is 25.0 Å². The Hall–Kier alpha value is -1.85. The van der Waals surface area contributed by atoms with Crippen molar-refractivity contribution < 1.29 is 14.7 Å². The largest absolute Gasteiger partial charge is 0.481 e. The normalized spacial score (nSPS) is 26.2. The van der Waals surface area contributed by atoms with Crippen molar-refractivity contribution in [3.63, 3.8) is 0 Å². The van der Waals surface area contributed by atoms with Gasteiger partial charge in [0.2, 0.25) is 0 Å². The topological polar surface area (TPSA) is 86.3 Å². The number of rotatable bonds is 3. The summed E-state index contributed by atoms with van der Waals surface area (Å²) >= 11 is 0. The quantitative estimate of drug-likeness (QED) is 0.897. The zero-order chi connectivity index (χ0) is 16.4. The molecule has 2 fully saturated rings. The zero-order valence-corrected chi connectivity index (χ0v) is 13.6. The van der Waals surface area contributed by atoms with Crippen LogP contribution in [0.5, 0.6) is 0 Å². The summed E-state index contributed by atoms with van der Waals surface area (Å²) in [6, 6.07) is 1.58. The average Bonchev–Trinajstić information content (AvgIpc) is 3.05. The minimum Gasteiger partial charge on any atom is -0.481 e. The molecule has 0 aromatic carbocycles. The SMILES string of the molecule is C[C@@H]1[C@H](C(=O)O)CCCN1C(=O)c1cc(C2CCCCC2)[nH]n1. The maximum Gasteiger partial charge on any atom is 0.308 e. The number of aromatic amines is 1. The van der Waals surface area contributed by atoms with Gasteiger partial charge in [0.1, 0.15) is 5.69 Å². The molecule has 1 aromatic heterocycles. The van der Waals surface area contributed by atoms with Crippen molar-refractivity contribution in [3.05, 3.63) is 17.5 Å². The molecule has 1 aromatic rings. The van der Waals surface area contributed by atoms with Crippen LogP contribution >= 0.6 is 0 Å². The molecule has 0 spiro atoms. The van der Waals surface area contributed by atoms with Gasteiger partial charge in [0, 0.05) is 24.2 Å². The second-order valence-electron chi connectivity index (χ2n) is 6.87. The predicted molar refractivity (Wildman–Crippen MR) is 85.3 cm³/mol. The first-order valence-electron chi connectivity index (χ1n) is 8.67. The van der Waals surface area contributed by atoms with Gasteiger partial charge in [0.25, 0.3) is 5.91 Å².